The number of nitrogens with zero attached hydrogens (tertiary/aromatic N) is 3. The molecule has 2 heterocycles. The van der Waals surface area contributed by atoms with E-state index in [1.165, 1.54) is 19.3 Å². The number of nitrogens with one attached hydrogen (secondary N) is 1. The number of aromatic nitrogens is 3. The molecule has 1 N–H and O–H groups in total. The summed E-state index contributed by atoms with van der Waals surface area (Å²) in [5.74, 6) is -0.370. The van der Waals surface area contributed by atoms with Crippen molar-refractivity contribution < 1.29 is 22.5 Å². The van der Waals surface area contributed by atoms with Gasteiger partial charge in [0.1, 0.15) is 12.3 Å². The molecule has 9 heteroatoms. The van der Waals surface area contributed by atoms with E-state index in [1.807, 2.05) is 0 Å². The lowest BCUT2D eigenvalue weighted by atomic mass is 10.3. The molecular weight excluding hydrogens is 265 g/mol. The standard InChI is InChI=1S/C10H9F3N4O2/c1-6(9(18)14-8-3-5-19-16-8)17-4-2-7(15-17)10(11,12)13/h2-6H,1H3,(H,14,16,18)/t6-/m1/s1. The second-order valence-electron chi connectivity index (χ2n) is 3.73. The lowest BCUT2D eigenvalue weighted by Gasteiger charge is -2.11. The summed E-state index contributed by atoms with van der Waals surface area (Å²) in [5, 5.41) is 9.16. The highest BCUT2D eigenvalue weighted by atomic mass is 19.4. The molecule has 0 saturated heterocycles. The number of hydrogen-bond acceptors (Lipinski definition) is 4. The molecule has 0 spiro atoms. The van der Waals surface area contributed by atoms with Gasteiger partial charge in [0.15, 0.2) is 11.5 Å². The largest absolute Gasteiger partial charge is 0.435 e. The Balaban J connectivity index is 2.09. The number of carbonyl (C=O) groups excluding carboxylic acids is 1. The van der Waals surface area contributed by atoms with Crippen LogP contribution in [0.25, 0.3) is 0 Å². The Labute approximate surface area is 105 Å². The van der Waals surface area contributed by atoms with Gasteiger partial charge >= 0.3 is 6.18 Å². The monoisotopic (exact) mass is 274 g/mol. The van der Waals surface area contributed by atoms with Crippen LogP contribution in [0.2, 0.25) is 0 Å². The SMILES string of the molecule is C[C@H](C(=O)Nc1ccon1)n1ccc(C(F)(F)F)n1. The first kappa shape index (κ1) is 13.1. The highest BCUT2D eigenvalue weighted by Gasteiger charge is 2.34. The van der Waals surface area contributed by atoms with Gasteiger partial charge in [-0.3, -0.25) is 9.48 Å². The zero-order valence-corrected chi connectivity index (χ0v) is 9.68. The molecule has 2 rings (SSSR count). The molecule has 2 aromatic heterocycles. The van der Waals surface area contributed by atoms with E-state index in [0.717, 1.165) is 16.9 Å². The molecular formula is C10H9F3N4O2. The average Bonchev–Trinajstić information content (AvgIpc) is 2.97. The van der Waals surface area contributed by atoms with Crippen LogP contribution in [-0.2, 0) is 11.0 Å². The Morgan fingerprint density at radius 3 is 2.74 bits per heavy atom. The first-order chi connectivity index (χ1) is 8.88. The van der Waals surface area contributed by atoms with Crippen LogP contribution < -0.4 is 5.32 Å². The van der Waals surface area contributed by atoms with Crippen LogP contribution in [0.15, 0.2) is 29.1 Å². The van der Waals surface area contributed by atoms with Crippen molar-refractivity contribution >= 4 is 11.7 Å². The van der Waals surface area contributed by atoms with Gasteiger partial charge < -0.3 is 9.84 Å². The fraction of sp³-hybridized carbons (Fsp3) is 0.300. The molecule has 0 aliphatic rings. The molecule has 0 aromatic carbocycles. The Morgan fingerprint density at radius 1 is 1.47 bits per heavy atom. The number of amides is 1. The minimum atomic E-state index is -4.53. The maximum Gasteiger partial charge on any atom is 0.435 e. The number of anilines is 1. The molecule has 6 nitrogen and oxygen atoms in total. The summed E-state index contributed by atoms with van der Waals surface area (Å²) < 4.78 is 42.6. The van der Waals surface area contributed by atoms with E-state index in [1.54, 1.807) is 0 Å². The molecule has 1 amide bonds. The van der Waals surface area contributed by atoms with Crippen LogP contribution in [0.4, 0.5) is 19.0 Å². The third-order valence-corrected chi connectivity index (χ3v) is 2.36. The van der Waals surface area contributed by atoms with Gasteiger partial charge in [0.25, 0.3) is 0 Å². The smallest absolute Gasteiger partial charge is 0.363 e. The molecule has 0 aliphatic carbocycles. The summed E-state index contributed by atoms with van der Waals surface area (Å²) in [6.45, 7) is 1.42. The summed E-state index contributed by atoms with van der Waals surface area (Å²) in [4.78, 5) is 11.7. The number of rotatable bonds is 3. The fourth-order valence-corrected chi connectivity index (χ4v) is 1.33. The van der Waals surface area contributed by atoms with Crippen LogP contribution in [0.3, 0.4) is 0 Å². The van der Waals surface area contributed by atoms with E-state index in [2.05, 4.69) is 20.1 Å². The van der Waals surface area contributed by atoms with Crippen LogP contribution in [-0.4, -0.2) is 20.8 Å². The summed E-state index contributed by atoms with van der Waals surface area (Å²) in [6, 6.07) is 1.31. The Morgan fingerprint density at radius 2 is 2.21 bits per heavy atom. The van der Waals surface area contributed by atoms with E-state index in [0.29, 0.717) is 0 Å². The molecule has 19 heavy (non-hydrogen) atoms. The van der Waals surface area contributed by atoms with E-state index in [9.17, 15) is 18.0 Å². The minimum absolute atomic E-state index is 0.181. The predicted octanol–water partition coefficient (Wildman–Crippen LogP) is 2.09. The van der Waals surface area contributed by atoms with E-state index in [-0.39, 0.29) is 5.82 Å². The molecule has 1 atom stereocenters. The molecule has 0 fully saturated rings. The molecule has 102 valence electrons. The van der Waals surface area contributed by atoms with Crippen LogP contribution >= 0.6 is 0 Å². The molecule has 0 radical (unpaired) electrons. The second-order valence-corrected chi connectivity index (χ2v) is 3.73. The summed E-state index contributed by atoms with van der Waals surface area (Å²) in [7, 11) is 0. The summed E-state index contributed by atoms with van der Waals surface area (Å²) in [5.41, 5.74) is -1.05. The summed E-state index contributed by atoms with van der Waals surface area (Å²) in [6.07, 6.45) is -2.18. The zero-order chi connectivity index (χ0) is 14.0. The number of alkyl halides is 3. The van der Waals surface area contributed by atoms with Crippen molar-refractivity contribution in [2.75, 3.05) is 5.32 Å². The van der Waals surface area contributed by atoms with Crippen molar-refractivity contribution in [2.24, 2.45) is 0 Å². The van der Waals surface area contributed by atoms with Crippen LogP contribution in [0.1, 0.15) is 18.7 Å². The minimum Gasteiger partial charge on any atom is -0.363 e. The molecule has 0 unspecified atom stereocenters. The number of halogens is 3. The van der Waals surface area contributed by atoms with Gasteiger partial charge in [0.2, 0.25) is 5.91 Å². The van der Waals surface area contributed by atoms with Gasteiger partial charge in [-0.1, -0.05) is 5.16 Å². The average molecular weight is 274 g/mol. The number of carbonyl (C=O) groups is 1. The molecule has 0 saturated carbocycles. The quantitative estimate of drug-likeness (QED) is 0.930. The topological polar surface area (TPSA) is 73.0 Å². The van der Waals surface area contributed by atoms with Gasteiger partial charge in [-0.05, 0) is 13.0 Å². The van der Waals surface area contributed by atoms with Gasteiger partial charge in [-0.2, -0.15) is 18.3 Å². The first-order valence-electron chi connectivity index (χ1n) is 5.21. The van der Waals surface area contributed by atoms with E-state index < -0.39 is 23.8 Å². The molecule has 0 aliphatic heterocycles. The van der Waals surface area contributed by atoms with Crippen molar-refractivity contribution in [2.45, 2.75) is 19.1 Å². The van der Waals surface area contributed by atoms with Crippen molar-refractivity contribution in [1.82, 2.24) is 14.9 Å². The van der Waals surface area contributed by atoms with Crippen molar-refractivity contribution in [3.05, 3.63) is 30.3 Å². The van der Waals surface area contributed by atoms with Crippen LogP contribution in [0.5, 0.6) is 0 Å². The molecule has 0 bridgehead atoms. The highest BCUT2D eigenvalue weighted by molar-refractivity contribution is 5.92. The van der Waals surface area contributed by atoms with E-state index >= 15 is 0 Å². The lowest BCUT2D eigenvalue weighted by molar-refractivity contribution is -0.141. The Bertz CT molecular complexity index is 562. The normalized spacial score (nSPS) is 13.3. The first-order valence-corrected chi connectivity index (χ1v) is 5.21. The summed E-state index contributed by atoms with van der Waals surface area (Å²) >= 11 is 0. The maximum atomic E-state index is 12.4. The highest BCUT2D eigenvalue weighted by Crippen LogP contribution is 2.27. The van der Waals surface area contributed by atoms with Gasteiger partial charge in [0, 0.05) is 12.3 Å². The third-order valence-electron chi connectivity index (χ3n) is 2.36. The Kier molecular flexibility index (Phi) is 3.28. The van der Waals surface area contributed by atoms with Crippen molar-refractivity contribution in [3.63, 3.8) is 0 Å². The Hall–Kier alpha value is -2.32. The fourth-order valence-electron chi connectivity index (χ4n) is 1.33. The third kappa shape index (κ3) is 2.92. The van der Waals surface area contributed by atoms with Crippen molar-refractivity contribution in [1.29, 1.82) is 0 Å². The number of hydrogen-bond donors (Lipinski definition) is 1. The lowest BCUT2D eigenvalue weighted by Crippen LogP contribution is -2.24. The van der Waals surface area contributed by atoms with E-state index in [4.69, 9.17) is 0 Å². The van der Waals surface area contributed by atoms with Gasteiger partial charge in [-0.25, -0.2) is 0 Å². The van der Waals surface area contributed by atoms with Crippen molar-refractivity contribution in [3.8, 4) is 0 Å². The second kappa shape index (κ2) is 4.75. The zero-order valence-electron chi connectivity index (χ0n) is 9.68. The predicted molar refractivity (Wildman–Crippen MR) is 57.1 cm³/mol. The van der Waals surface area contributed by atoms with Gasteiger partial charge in [-0.15, -0.1) is 0 Å². The molecule has 2 aromatic rings. The van der Waals surface area contributed by atoms with Gasteiger partial charge in [0.05, 0.1) is 0 Å². The maximum absolute atomic E-state index is 12.4. The van der Waals surface area contributed by atoms with Crippen LogP contribution in [0, 0.1) is 0 Å².